The number of hydrogen-bond donors (Lipinski definition) is 0. The number of benzene rings is 10. The van der Waals surface area contributed by atoms with Crippen LogP contribution in [0.4, 0.5) is 45.5 Å². The van der Waals surface area contributed by atoms with Gasteiger partial charge in [-0.1, -0.05) is 202 Å². The molecule has 0 saturated heterocycles. The molecule has 4 nitrogen and oxygen atoms in total. The number of furan rings is 1. The molecule has 390 valence electrons. The van der Waals surface area contributed by atoms with Gasteiger partial charge in [0.15, 0.2) is 0 Å². The molecule has 4 aliphatic rings. The first kappa shape index (κ1) is 48.6. The van der Waals surface area contributed by atoms with Crippen molar-refractivity contribution >= 4 is 85.2 Å². The molecule has 0 radical (unpaired) electrons. The fraction of sp³-hybridized carbons (Fsp3) is 0.200. The van der Waals surface area contributed by atoms with Crippen molar-refractivity contribution in [2.75, 3.05) is 14.6 Å². The summed E-state index contributed by atoms with van der Waals surface area (Å²) >= 11 is 0. The molecule has 1 aliphatic carbocycles. The Bertz CT molecular complexity index is 4300. The van der Waals surface area contributed by atoms with Crippen molar-refractivity contribution in [2.45, 2.75) is 96.8 Å². The number of rotatable bonds is 6. The van der Waals surface area contributed by atoms with Crippen LogP contribution in [0.1, 0.15) is 103 Å². The molecule has 0 fully saturated rings. The smallest absolute Gasteiger partial charge is 0.333 e. The SMILES string of the molecule is CC(C)(C)c1ccc(N(c2ccc(-c3ccccc3)cc2)c2ccc3c(c2)-c2c4c(cc5oc6ccccc6c25)N2c5cc6c(cc5C(C)(C)c5cccc(c52)B4N3c2ccc(-c3ccccc3)cc2)C(C)(C)CCC6(C)C)cc1. The summed E-state index contributed by atoms with van der Waals surface area (Å²) in [5.74, 6) is 0. The van der Waals surface area contributed by atoms with Gasteiger partial charge in [0, 0.05) is 67.6 Å². The van der Waals surface area contributed by atoms with Gasteiger partial charge >= 0.3 is 6.85 Å². The third-order valence-electron chi connectivity index (χ3n) is 18.8. The maximum absolute atomic E-state index is 7.16. The number of nitrogens with zero attached hydrogens (tertiary/aromatic N) is 3. The molecule has 80 heavy (non-hydrogen) atoms. The van der Waals surface area contributed by atoms with E-state index in [0.717, 1.165) is 63.2 Å². The lowest BCUT2D eigenvalue weighted by Crippen LogP contribution is -2.62. The van der Waals surface area contributed by atoms with E-state index in [1.165, 1.54) is 89.2 Å². The summed E-state index contributed by atoms with van der Waals surface area (Å²) < 4.78 is 7.16. The second kappa shape index (κ2) is 17.2. The van der Waals surface area contributed by atoms with Gasteiger partial charge in [-0.2, -0.15) is 0 Å². The number of anilines is 8. The minimum absolute atomic E-state index is 0.00705. The van der Waals surface area contributed by atoms with Crippen LogP contribution in [-0.4, -0.2) is 6.85 Å². The van der Waals surface area contributed by atoms with Gasteiger partial charge in [-0.25, -0.2) is 0 Å². The van der Waals surface area contributed by atoms with Gasteiger partial charge in [-0.05, 0) is 162 Å². The van der Waals surface area contributed by atoms with Gasteiger partial charge in [-0.15, -0.1) is 0 Å². The quantitative estimate of drug-likeness (QED) is 0.155. The van der Waals surface area contributed by atoms with Gasteiger partial charge in [0.05, 0.1) is 5.69 Å². The predicted molar refractivity (Wildman–Crippen MR) is 339 cm³/mol. The molecule has 3 aliphatic heterocycles. The molecule has 5 heteroatoms. The summed E-state index contributed by atoms with van der Waals surface area (Å²) in [6.45, 7) is 21.5. The summed E-state index contributed by atoms with van der Waals surface area (Å²) in [6, 6.07) is 79.8. The molecular formula is C75H66BN3O. The van der Waals surface area contributed by atoms with Crippen LogP contribution in [0.25, 0.3) is 55.3 Å². The molecular weight excluding hydrogens is 970 g/mol. The Morgan fingerprint density at radius 2 is 1.05 bits per heavy atom. The van der Waals surface area contributed by atoms with Crippen molar-refractivity contribution in [1.82, 2.24) is 0 Å². The van der Waals surface area contributed by atoms with E-state index in [9.17, 15) is 0 Å². The second-order valence-electron chi connectivity index (χ2n) is 26.0. The topological polar surface area (TPSA) is 22.9 Å². The predicted octanol–water partition coefficient (Wildman–Crippen LogP) is 19.4. The average Bonchev–Trinajstić information content (AvgIpc) is 3.97. The first-order valence-electron chi connectivity index (χ1n) is 28.8. The van der Waals surface area contributed by atoms with E-state index in [4.69, 9.17) is 4.42 Å². The Balaban J connectivity index is 1.04. The summed E-state index contributed by atoms with van der Waals surface area (Å²) in [5, 5.41) is 2.28. The maximum Gasteiger partial charge on any atom is 0.333 e. The zero-order chi connectivity index (χ0) is 54.6. The number of fused-ring (bicyclic) bond motifs is 11. The molecule has 11 aromatic rings. The lowest BCUT2D eigenvalue weighted by Gasteiger charge is -2.52. The number of para-hydroxylation sites is 2. The highest BCUT2D eigenvalue weighted by Gasteiger charge is 2.51. The molecule has 4 heterocycles. The van der Waals surface area contributed by atoms with Crippen LogP contribution in [0.15, 0.2) is 217 Å². The monoisotopic (exact) mass is 1040 g/mol. The van der Waals surface area contributed by atoms with Crippen LogP contribution >= 0.6 is 0 Å². The highest BCUT2D eigenvalue weighted by Crippen LogP contribution is 2.59. The Morgan fingerprint density at radius 3 is 1.70 bits per heavy atom. The number of hydrogen-bond acceptors (Lipinski definition) is 4. The van der Waals surface area contributed by atoms with Crippen molar-refractivity contribution in [3.63, 3.8) is 0 Å². The van der Waals surface area contributed by atoms with Crippen LogP contribution in [0.5, 0.6) is 0 Å². The molecule has 0 unspecified atom stereocenters. The Labute approximate surface area is 472 Å². The highest BCUT2D eigenvalue weighted by molar-refractivity contribution is 6.94. The molecule has 0 atom stereocenters. The summed E-state index contributed by atoms with van der Waals surface area (Å²) in [4.78, 5) is 7.79. The summed E-state index contributed by atoms with van der Waals surface area (Å²) in [6.07, 6.45) is 2.31. The Morgan fingerprint density at radius 1 is 0.475 bits per heavy atom. The first-order chi connectivity index (χ1) is 38.5. The molecule has 10 aromatic carbocycles. The van der Waals surface area contributed by atoms with Crippen molar-refractivity contribution < 1.29 is 4.42 Å². The van der Waals surface area contributed by atoms with Gasteiger partial charge in [0.25, 0.3) is 0 Å². The van der Waals surface area contributed by atoms with Gasteiger partial charge in [0.1, 0.15) is 11.2 Å². The molecule has 0 bridgehead atoms. The third-order valence-corrected chi connectivity index (χ3v) is 18.8. The molecule has 1 aromatic heterocycles. The summed E-state index contributed by atoms with van der Waals surface area (Å²) in [5.41, 5.74) is 27.7. The van der Waals surface area contributed by atoms with E-state index in [0.29, 0.717) is 0 Å². The lowest BCUT2D eigenvalue weighted by molar-refractivity contribution is 0.331. The zero-order valence-corrected chi connectivity index (χ0v) is 47.4. The minimum atomic E-state index is -0.287. The van der Waals surface area contributed by atoms with Crippen LogP contribution in [0.3, 0.4) is 0 Å². The van der Waals surface area contributed by atoms with E-state index in [1.54, 1.807) is 0 Å². The van der Waals surface area contributed by atoms with Crippen molar-refractivity contribution in [1.29, 1.82) is 0 Å². The van der Waals surface area contributed by atoms with Crippen LogP contribution in [-0.2, 0) is 21.7 Å². The third kappa shape index (κ3) is 7.21. The summed E-state index contributed by atoms with van der Waals surface area (Å²) in [7, 11) is 0. The molecule has 0 amide bonds. The fourth-order valence-electron chi connectivity index (χ4n) is 14.3. The van der Waals surface area contributed by atoms with E-state index < -0.39 is 0 Å². The lowest BCUT2D eigenvalue weighted by atomic mass is 9.42. The van der Waals surface area contributed by atoms with Crippen LogP contribution in [0.2, 0.25) is 0 Å². The van der Waals surface area contributed by atoms with E-state index in [1.807, 2.05) is 0 Å². The second-order valence-corrected chi connectivity index (χ2v) is 26.0. The van der Waals surface area contributed by atoms with Crippen molar-refractivity contribution in [3.8, 4) is 33.4 Å². The van der Waals surface area contributed by atoms with Gasteiger partial charge in [0.2, 0.25) is 0 Å². The Hall–Kier alpha value is -8.54. The fourth-order valence-corrected chi connectivity index (χ4v) is 14.3. The standard InChI is InChI=1S/C75H66BN3O/c1-72(2,3)51-31-37-53(38-32-51)77(52-33-27-49(28-34-52)47-19-12-10-13-20-47)55-39-40-63-57(43-55)69-68-56-23-16-17-26-66(56)80-67(68)46-65-70(69)76(79(63)54-35-29-50(30-36-54)48-21-14-11-15-22-48)62-25-18-24-58-71(62)78(65)64-45-60-59(44-61(64)75(58,8)9)73(4,5)41-42-74(60,6)7/h10-40,43-46H,41-42H2,1-9H3. The van der Waals surface area contributed by atoms with E-state index >= 15 is 0 Å². The van der Waals surface area contributed by atoms with Crippen molar-refractivity contribution in [3.05, 3.63) is 240 Å². The Kier molecular flexibility index (Phi) is 10.5. The van der Waals surface area contributed by atoms with Gasteiger partial charge < -0.3 is 19.0 Å². The highest BCUT2D eigenvalue weighted by atomic mass is 16.3. The van der Waals surface area contributed by atoms with Crippen LogP contribution < -0.4 is 25.5 Å². The normalized spacial score (nSPS) is 15.9. The molecule has 0 spiro atoms. The maximum atomic E-state index is 7.16. The zero-order valence-electron chi connectivity index (χ0n) is 47.4. The molecule has 15 rings (SSSR count). The first-order valence-corrected chi connectivity index (χ1v) is 28.8. The van der Waals surface area contributed by atoms with Crippen molar-refractivity contribution in [2.24, 2.45) is 0 Å². The molecule has 0 saturated carbocycles. The minimum Gasteiger partial charge on any atom is -0.456 e. The van der Waals surface area contributed by atoms with Gasteiger partial charge in [-0.3, -0.25) is 0 Å². The average molecular weight is 1040 g/mol. The molecule has 0 N–H and O–H groups in total. The van der Waals surface area contributed by atoms with Crippen LogP contribution in [0, 0.1) is 0 Å². The van der Waals surface area contributed by atoms with E-state index in [2.05, 4.69) is 289 Å². The largest absolute Gasteiger partial charge is 0.456 e. The van der Waals surface area contributed by atoms with E-state index in [-0.39, 0.29) is 28.5 Å².